The monoisotopic (exact) mass is 453 g/mol. The smallest absolute Gasteiger partial charge is 0.247 e. The summed E-state index contributed by atoms with van der Waals surface area (Å²) in [4.78, 5) is 40.6. The number of aliphatic hydroxyl groups excluding tert-OH is 1. The summed E-state index contributed by atoms with van der Waals surface area (Å²) >= 11 is 0. The molecule has 1 fully saturated rings. The minimum absolute atomic E-state index is 0.0209. The Morgan fingerprint density at radius 3 is 2.36 bits per heavy atom. The van der Waals surface area contributed by atoms with E-state index in [1.165, 1.54) is 6.92 Å². The van der Waals surface area contributed by atoms with Gasteiger partial charge in [0.25, 0.3) is 0 Å². The van der Waals surface area contributed by atoms with Crippen LogP contribution in [0.4, 0.5) is 5.69 Å². The highest BCUT2D eigenvalue weighted by atomic mass is 16.7. The van der Waals surface area contributed by atoms with Crippen molar-refractivity contribution < 1.29 is 29.0 Å². The Morgan fingerprint density at radius 2 is 1.70 bits per heavy atom. The first-order valence-corrected chi connectivity index (χ1v) is 10.9. The van der Waals surface area contributed by atoms with Gasteiger partial charge in [0.05, 0.1) is 13.0 Å². The van der Waals surface area contributed by atoms with Gasteiger partial charge in [0, 0.05) is 37.4 Å². The van der Waals surface area contributed by atoms with Crippen LogP contribution in [0.25, 0.3) is 0 Å². The molecule has 2 aliphatic rings. The summed E-state index contributed by atoms with van der Waals surface area (Å²) in [5.74, 6) is 0.585. The Labute approximate surface area is 191 Å². The SMILES string of the molecule is CC(=O)c1ccc(N2CCN(C(=O)[C@H](CO)NC(=O)Cc3ccc4c(c3)OCO4)CC2)cc1. The van der Waals surface area contributed by atoms with Crippen molar-refractivity contribution in [1.82, 2.24) is 10.2 Å². The average molecular weight is 453 g/mol. The molecule has 2 N–H and O–H groups in total. The normalized spacial score (nSPS) is 15.8. The van der Waals surface area contributed by atoms with Gasteiger partial charge in [0.15, 0.2) is 17.3 Å². The van der Waals surface area contributed by atoms with Crippen LogP contribution in [0.1, 0.15) is 22.8 Å². The second-order valence-electron chi connectivity index (χ2n) is 8.08. The van der Waals surface area contributed by atoms with Gasteiger partial charge in [-0.3, -0.25) is 14.4 Å². The van der Waals surface area contributed by atoms with Gasteiger partial charge in [-0.15, -0.1) is 0 Å². The lowest BCUT2D eigenvalue weighted by Gasteiger charge is -2.37. The third-order valence-corrected chi connectivity index (χ3v) is 5.85. The van der Waals surface area contributed by atoms with Crippen molar-refractivity contribution >= 4 is 23.3 Å². The lowest BCUT2D eigenvalue weighted by atomic mass is 10.1. The number of amides is 2. The van der Waals surface area contributed by atoms with Crippen molar-refractivity contribution in [3.63, 3.8) is 0 Å². The van der Waals surface area contributed by atoms with Gasteiger partial charge >= 0.3 is 0 Å². The van der Waals surface area contributed by atoms with E-state index in [1.54, 1.807) is 35.2 Å². The molecule has 9 nitrogen and oxygen atoms in total. The molecule has 0 radical (unpaired) electrons. The number of aliphatic hydroxyl groups is 1. The second-order valence-corrected chi connectivity index (χ2v) is 8.08. The number of benzene rings is 2. The highest BCUT2D eigenvalue weighted by Gasteiger charge is 2.28. The van der Waals surface area contributed by atoms with E-state index in [0.717, 1.165) is 11.3 Å². The Morgan fingerprint density at radius 1 is 1.00 bits per heavy atom. The van der Waals surface area contributed by atoms with Crippen molar-refractivity contribution in [2.45, 2.75) is 19.4 Å². The summed E-state index contributed by atoms with van der Waals surface area (Å²) < 4.78 is 10.6. The number of nitrogens with zero attached hydrogens (tertiary/aromatic N) is 2. The van der Waals surface area contributed by atoms with Crippen LogP contribution in [0.3, 0.4) is 0 Å². The van der Waals surface area contributed by atoms with E-state index in [1.807, 2.05) is 12.1 Å². The number of carbonyl (C=O) groups excluding carboxylic acids is 3. The Hall–Kier alpha value is -3.59. The molecule has 0 aromatic heterocycles. The van der Waals surface area contributed by atoms with Crippen molar-refractivity contribution in [3.05, 3.63) is 53.6 Å². The first-order chi connectivity index (χ1) is 15.9. The van der Waals surface area contributed by atoms with Crippen LogP contribution >= 0.6 is 0 Å². The van der Waals surface area contributed by atoms with E-state index in [9.17, 15) is 19.5 Å². The molecular weight excluding hydrogens is 426 g/mol. The molecule has 2 heterocycles. The first-order valence-electron chi connectivity index (χ1n) is 10.9. The van der Waals surface area contributed by atoms with Gasteiger partial charge in [0.2, 0.25) is 18.6 Å². The number of rotatable bonds is 7. The number of fused-ring (bicyclic) bond motifs is 1. The lowest BCUT2D eigenvalue weighted by molar-refractivity contribution is -0.137. The predicted molar refractivity (Wildman–Crippen MR) is 121 cm³/mol. The van der Waals surface area contributed by atoms with E-state index >= 15 is 0 Å². The van der Waals surface area contributed by atoms with E-state index in [-0.39, 0.29) is 30.8 Å². The number of hydrogen-bond acceptors (Lipinski definition) is 7. The molecule has 2 aromatic rings. The zero-order chi connectivity index (χ0) is 23.4. The van der Waals surface area contributed by atoms with Crippen LogP contribution < -0.4 is 19.7 Å². The maximum atomic E-state index is 12.9. The average Bonchev–Trinajstić information content (AvgIpc) is 3.30. The molecule has 174 valence electrons. The summed E-state index contributed by atoms with van der Waals surface area (Å²) in [6, 6.07) is 11.7. The maximum absolute atomic E-state index is 12.9. The van der Waals surface area contributed by atoms with Crippen LogP contribution in [-0.4, -0.2) is 73.2 Å². The molecule has 4 rings (SSSR count). The third-order valence-electron chi connectivity index (χ3n) is 5.85. The van der Waals surface area contributed by atoms with Crippen LogP contribution in [0.5, 0.6) is 11.5 Å². The minimum atomic E-state index is -0.993. The quantitative estimate of drug-likeness (QED) is 0.602. The molecule has 2 amide bonds. The van der Waals surface area contributed by atoms with Crippen molar-refractivity contribution in [2.24, 2.45) is 0 Å². The van der Waals surface area contributed by atoms with Gasteiger partial charge < -0.3 is 29.7 Å². The number of piperazine rings is 1. The maximum Gasteiger partial charge on any atom is 0.247 e. The van der Waals surface area contributed by atoms with Crippen LogP contribution in [0, 0.1) is 0 Å². The van der Waals surface area contributed by atoms with Crippen molar-refractivity contribution in [3.8, 4) is 11.5 Å². The summed E-state index contributed by atoms with van der Waals surface area (Å²) in [7, 11) is 0. The zero-order valence-corrected chi connectivity index (χ0v) is 18.5. The molecule has 0 bridgehead atoms. The Bertz CT molecular complexity index is 1030. The fourth-order valence-corrected chi connectivity index (χ4v) is 3.98. The summed E-state index contributed by atoms with van der Waals surface area (Å²) in [6.45, 7) is 3.40. The molecule has 0 spiro atoms. The molecular formula is C24H27N3O6. The Kier molecular flexibility index (Phi) is 6.79. The number of ketones is 1. The predicted octanol–water partition coefficient (Wildman–Crippen LogP) is 0.986. The van der Waals surface area contributed by atoms with Crippen LogP contribution in [-0.2, 0) is 16.0 Å². The molecule has 1 saturated heterocycles. The van der Waals surface area contributed by atoms with Crippen LogP contribution in [0.15, 0.2) is 42.5 Å². The second kappa shape index (κ2) is 9.91. The van der Waals surface area contributed by atoms with E-state index < -0.39 is 12.6 Å². The minimum Gasteiger partial charge on any atom is -0.454 e. The molecule has 0 saturated carbocycles. The number of Topliss-reactive ketones (excluding diaryl/α,β-unsaturated/α-hetero) is 1. The van der Waals surface area contributed by atoms with Gasteiger partial charge in [0.1, 0.15) is 6.04 Å². The summed E-state index contributed by atoms with van der Waals surface area (Å²) in [5.41, 5.74) is 2.38. The fourth-order valence-electron chi connectivity index (χ4n) is 3.98. The standard InChI is InChI=1S/C24H27N3O6/c1-16(29)18-3-5-19(6-4-18)26-8-10-27(11-9-26)24(31)20(14-28)25-23(30)13-17-2-7-21-22(12-17)33-15-32-21/h2-7,12,20,28H,8-11,13-15H2,1H3,(H,25,30)/t20-/m0/s1. The van der Waals surface area contributed by atoms with Gasteiger partial charge in [-0.1, -0.05) is 6.07 Å². The number of carbonyl (C=O) groups is 3. The summed E-state index contributed by atoms with van der Waals surface area (Å²) in [5, 5.41) is 12.4. The largest absolute Gasteiger partial charge is 0.454 e. The highest BCUT2D eigenvalue weighted by molar-refractivity contribution is 5.94. The first kappa shape index (κ1) is 22.6. The third kappa shape index (κ3) is 5.25. The van der Waals surface area contributed by atoms with E-state index in [4.69, 9.17) is 9.47 Å². The topological polar surface area (TPSA) is 108 Å². The molecule has 0 aliphatic carbocycles. The summed E-state index contributed by atoms with van der Waals surface area (Å²) in [6.07, 6.45) is 0.0600. The molecule has 2 aliphatic heterocycles. The van der Waals surface area contributed by atoms with Crippen molar-refractivity contribution in [2.75, 3.05) is 44.5 Å². The van der Waals surface area contributed by atoms with E-state index in [0.29, 0.717) is 43.2 Å². The van der Waals surface area contributed by atoms with Crippen molar-refractivity contribution in [1.29, 1.82) is 0 Å². The molecule has 9 heteroatoms. The fraction of sp³-hybridized carbons (Fsp3) is 0.375. The molecule has 1 atom stereocenters. The molecule has 0 unspecified atom stereocenters. The highest BCUT2D eigenvalue weighted by Crippen LogP contribution is 2.32. The zero-order valence-electron chi connectivity index (χ0n) is 18.5. The molecule has 33 heavy (non-hydrogen) atoms. The number of ether oxygens (including phenoxy) is 2. The van der Waals surface area contributed by atoms with Gasteiger partial charge in [-0.2, -0.15) is 0 Å². The van der Waals surface area contributed by atoms with Crippen LogP contribution in [0.2, 0.25) is 0 Å². The van der Waals surface area contributed by atoms with Gasteiger partial charge in [-0.25, -0.2) is 0 Å². The van der Waals surface area contributed by atoms with E-state index in [2.05, 4.69) is 10.2 Å². The number of anilines is 1. The number of nitrogens with one attached hydrogen (secondary N) is 1. The molecule has 2 aromatic carbocycles. The van der Waals surface area contributed by atoms with Gasteiger partial charge in [-0.05, 0) is 48.9 Å². The Balaban J connectivity index is 1.29. The lowest BCUT2D eigenvalue weighted by Crippen LogP contribution is -2.56. The number of hydrogen-bond donors (Lipinski definition) is 2.